The van der Waals surface area contributed by atoms with E-state index in [1.165, 1.54) is 0 Å². The molecule has 1 aliphatic heterocycles. The molecule has 1 aromatic carbocycles. The molecule has 5 nitrogen and oxygen atoms in total. The van der Waals surface area contributed by atoms with Crippen molar-refractivity contribution in [3.8, 4) is 0 Å². The van der Waals surface area contributed by atoms with Gasteiger partial charge >= 0.3 is 11.9 Å². The number of benzene rings is 1. The smallest absolute Gasteiger partial charge is 0.340 e. The molecule has 2 N–H and O–H groups in total. The molecule has 1 heterocycles. The van der Waals surface area contributed by atoms with E-state index >= 15 is 0 Å². The summed E-state index contributed by atoms with van der Waals surface area (Å²) in [6, 6.07) is 6.31. The topological polar surface area (TPSA) is 75.6 Å². The van der Waals surface area contributed by atoms with Crippen LogP contribution in [0.3, 0.4) is 0 Å². The summed E-state index contributed by atoms with van der Waals surface area (Å²) in [5.41, 5.74) is 1.20. The second-order valence-corrected chi connectivity index (χ2v) is 4.57. The van der Waals surface area contributed by atoms with E-state index in [4.69, 9.17) is 4.74 Å². The first kappa shape index (κ1) is 13.5. The van der Waals surface area contributed by atoms with Crippen LogP contribution in [-0.2, 0) is 9.53 Å². The maximum Gasteiger partial charge on any atom is 0.340 e. The highest BCUT2D eigenvalue weighted by Crippen LogP contribution is 2.28. The quantitative estimate of drug-likeness (QED) is 0.769. The molecule has 0 aromatic heterocycles. The van der Waals surface area contributed by atoms with Crippen LogP contribution in [0.1, 0.15) is 48.3 Å². The first-order valence-corrected chi connectivity index (χ1v) is 6.42. The van der Waals surface area contributed by atoms with Crippen LogP contribution in [0.4, 0.5) is 0 Å². The zero-order valence-electron chi connectivity index (χ0n) is 10.8. The average molecular weight is 263 g/mol. The summed E-state index contributed by atoms with van der Waals surface area (Å²) in [6.45, 7) is 2.00. The van der Waals surface area contributed by atoms with E-state index in [9.17, 15) is 14.7 Å². The summed E-state index contributed by atoms with van der Waals surface area (Å²) < 4.78 is 5.18. The Hall–Kier alpha value is -1.88. The van der Waals surface area contributed by atoms with Crippen LogP contribution < -0.4 is 5.32 Å². The van der Waals surface area contributed by atoms with E-state index in [2.05, 4.69) is 5.32 Å². The van der Waals surface area contributed by atoms with Gasteiger partial charge in [0.25, 0.3) is 0 Å². The fraction of sp³-hybridized carbons (Fsp3) is 0.429. The van der Waals surface area contributed by atoms with Crippen LogP contribution in [0.15, 0.2) is 24.3 Å². The van der Waals surface area contributed by atoms with Crippen molar-refractivity contribution >= 4 is 11.9 Å². The number of carbonyl (C=O) groups excluding carboxylic acids is 1. The largest absolute Gasteiger partial charge is 0.480 e. The number of esters is 1. The summed E-state index contributed by atoms with van der Waals surface area (Å²) in [6.07, 6.45) is 1.59. The number of carbonyl (C=O) groups is 2. The highest BCUT2D eigenvalue weighted by atomic mass is 16.6. The Labute approximate surface area is 111 Å². The summed E-state index contributed by atoms with van der Waals surface area (Å²) in [7, 11) is 0. The van der Waals surface area contributed by atoms with Gasteiger partial charge in [0.1, 0.15) is 6.04 Å². The van der Waals surface area contributed by atoms with Crippen LogP contribution in [-0.4, -0.2) is 23.1 Å². The van der Waals surface area contributed by atoms with E-state index in [-0.39, 0.29) is 0 Å². The van der Waals surface area contributed by atoms with E-state index < -0.39 is 24.2 Å². The fourth-order valence-corrected chi connectivity index (χ4v) is 2.14. The molecule has 1 aromatic rings. The monoisotopic (exact) mass is 263 g/mol. The second-order valence-electron chi connectivity index (χ2n) is 4.57. The van der Waals surface area contributed by atoms with E-state index in [0.717, 1.165) is 12.8 Å². The highest BCUT2D eigenvalue weighted by molar-refractivity contribution is 5.94. The standard InChI is InChI=1S/C14H17NO4/c1-2-3-8-11(13(16)17)15-12-9-6-4-5-7-10(9)14(18)19-12/h4-7,11-12,15H,2-3,8H2,1H3,(H,16,17). The first-order chi connectivity index (χ1) is 9.13. The number of rotatable bonds is 6. The molecule has 0 amide bonds. The molecule has 0 saturated carbocycles. The van der Waals surface area contributed by atoms with Crippen molar-refractivity contribution < 1.29 is 19.4 Å². The minimum atomic E-state index is -0.922. The van der Waals surface area contributed by atoms with Crippen LogP contribution in [0.2, 0.25) is 0 Å². The second kappa shape index (κ2) is 5.84. The molecule has 2 unspecified atom stereocenters. The summed E-state index contributed by atoms with van der Waals surface area (Å²) in [5, 5.41) is 12.1. The minimum absolute atomic E-state index is 0.410. The van der Waals surface area contributed by atoms with E-state index in [1.807, 2.05) is 6.92 Å². The lowest BCUT2D eigenvalue weighted by molar-refractivity contribution is -0.140. The average Bonchev–Trinajstić information content (AvgIpc) is 2.72. The van der Waals surface area contributed by atoms with Crippen molar-refractivity contribution in [1.29, 1.82) is 0 Å². The van der Waals surface area contributed by atoms with Gasteiger partial charge in [-0.2, -0.15) is 0 Å². The predicted octanol–water partition coefficient (Wildman–Crippen LogP) is 2.09. The molecule has 2 atom stereocenters. The first-order valence-electron chi connectivity index (χ1n) is 6.42. The molecule has 0 aliphatic carbocycles. The molecular formula is C14H17NO4. The lowest BCUT2D eigenvalue weighted by atomic mass is 10.1. The maximum atomic E-state index is 11.6. The van der Waals surface area contributed by atoms with Crippen molar-refractivity contribution in [1.82, 2.24) is 5.32 Å². The van der Waals surface area contributed by atoms with Crippen molar-refractivity contribution in [2.75, 3.05) is 0 Å². The third kappa shape index (κ3) is 2.93. The summed E-state index contributed by atoms with van der Waals surface area (Å²) >= 11 is 0. The van der Waals surface area contributed by atoms with Gasteiger partial charge in [0.2, 0.25) is 0 Å². The lowest BCUT2D eigenvalue weighted by Crippen LogP contribution is -2.39. The van der Waals surface area contributed by atoms with Crippen molar-refractivity contribution in [2.24, 2.45) is 0 Å². The van der Waals surface area contributed by atoms with Gasteiger partial charge in [-0.05, 0) is 12.5 Å². The molecule has 102 valence electrons. The zero-order chi connectivity index (χ0) is 13.8. The number of ether oxygens (including phenoxy) is 1. The van der Waals surface area contributed by atoms with Gasteiger partial charge in [0.15, 0.2) is 6.23 Å². The molecular weight excluding hydrogens is 246 g/mol. The lowest BCUT2D eigenvalue weighted by Gasteiger charge is -2.19. The third-order valence-electron chi connectivity index (χ3n) is 3.19. The number of unbranched alkanes of at least 4 members (excludes halogenated alkanes) is 1. The fourth-order valence-electron chi connectivity index (χ4n) is 2.14. The molecule has 0 spiro atoms. The van der Waals surface area contributed by atoms with Crippen molar-refractivity contribution in [3.05, 3.63) is 35.4 Å². The number of hydrogen-bond donors (Lipinski definition) is 2. The minimum Gasteiger partial charge on any atom is -0.480 e. The molecule has 0 fully saturated rings. The number of fused-ring (bicyclic) bond motifs is 1. The van der Waals surface area contributed by atoms with Gasteiger partial charge in [-0.15, -0.1) is 0 Å². The summed E-state index contributed by atoms with van der Waals surface area (Å²) in [4.78, 5) is 22.8. The Morgan fingerprint density at radius 3 is 2.89 bits per heavy atom. The molecule has 0 saturated heterocycles. The highest BCUT2D eigenvalue weighted by Gasteiger charge is 2.33. The van der Waals surface area contributed by atoms with Crippen molar-refractivity contribution in [2.45, 2.75) is 38.5 Å². The Balaban J connectivity index is 2.11. The van der Waals surface area contributed by atoms with Crippen molar-refractivity contribution in [3.63, 3.8) is 0 Å². The van der Waals surface area contributed by atoms with Crippen LogP contribution >= 0.6 is 0 Å². The van der Waals surface area contributed by atoms with Gasteiger partial charge in [-0.3, -0.25) is 10.1 Å². The van der Waals surface area contributed by atoms with Gasteiger partial charge in [0, 0.05) is 5.56 Å². The van der Waals surface area contributed by atoms with Crippen LogP contribution in [0.25, 0.3) is 0 Å². The number of hydrogen-bond acceptors (Lipinski definition) is 4. The van der Waals surface area contributed by atoms with Gasteiger partial charge < -0.3 is 9.84 Å². The molecule has 19 heavy (non-hydrogen) atoms. The predicted molar refractivity (Wildman–Crippen MR) is 68.7 cm³/mol. The van der Waals surface area contributed by atoms with Gasteiger partial charge in [-0.1, -0.05) is 38.0 Å². The third-order valence-corrected chi connectivity index (χ3v) is 3.19. The number of nitrogens with one attached hydrogen (secondary N) is 1. The molecule has 5 heteroatoms. The Bertz CT molecular complexity index is 486. The number of aliphatic carboxylic acids is 1. The normalized spacial score (nSPS) is 18.8. The molecule has 0 bridgehead atoms. The molecule has 1 aliphatic rings. The Kier molecular flexibility index (Phi) is 4.16. The number of cyclic esters (lactones) is 1. The zero-order valence-corrected chi connectivity index (χ0v) is 10.8. The maximum absolute atomic E-state index is 11.6. The molecule has 0 radical (unpaired) electrons. The van der Waals surface area contributed by atoms with Crippen LogP contribution in [0, 0.1) is 0 Å². The Morgan fingerprint density at radius 2 is 2.21 bits per heavy atom. The van der Waals surface area contributed by atoms with E-state index in [0.29, 0.717) is 17.5 Å². The number of carboxylic acid groups (broad SMARTS) is 1. The van der Waals surface area contributed by atoms with Crippen LogP contribution in [0.5, 0.6) is 0 Å². The summed E-state index contributed by atoms with van der Waals surface area (Å²) in [5.74, 6) is -1.33. The van der Waals surface area contributed by atoms with Gasteiger partial charge in [-0.25, -0.2) is 4.79 Å². The van der Waals surface area contributed by atoms with E-state index in [1.54, 1.807) is 24.3 Å². The Morgan fingerprint density at radius 1 is 1.47 bits per heavy atom. The molecule has 2 rings (SSSR count). The number of carboxylic acids is 1. The SMILES string of the molecule is CCCCC(NC1OC(=O)c2ccccc21)C(=O)O. The van der Waals surface area contributed by atoms with Gasteiger partial charge in [0.05, 0.1) is 5.56 Å².